The first kappa shape index (κ1) is 21.5. The Morgan fingerprint density at radius 1 is 1.18 bits per heavy atom. The summed E-state index contributed by atoms with van der Waals surface area (Å²) in [6.07, 6.45) is -2.35. The average Bonchev–Trinajstić information content (AvgIpc) is 2.66. The van der Waals surface area contributed by atoms with Gasteiger partial charge in [0.2, 0.25) is 5.91 Å². The molecule has 2 rings (SSSR count). The number of hydrogen-bond acceptors (Lipinski definition) is 3. The van der Waals surface area contributed by atoms with Gasteiger partial charge in [0, 0.05) is 6.08 Å². The van der Waals surface area contributed by atoms with E-state index in [0.717, 1.165) is 18.2 Å². The highest BCUT2D eigenvalue weighted by Crippen LogP contribution is 2.35. The van der Waals surface area contributed by atoms with Crippen LogP contribution in [0.4, 0.5) is 13.2 Å². The number of ether oxygens (including phenoxy) is 1. The maximum atomic E-state index is 12.9. The van der Waals surface area contributed by atoms with Crippen LogP contribution >= 0.6 is 11.6 Å². The van der Waals surface area contributed by atoms with E-state index < -0.39 is 34.7 Å². The van der Waals surface area contributed by atoms with Crippen molar-refractivity contribution in [1.82, 2.24) is 5.32 Å². The summed E-state index contributed by atoms with van der Waals surface area (Å²) < 4.78 is 43.4. The Hall–Kier alpha value is -2.80. The Balaban J connectivity index is 2.15. The molecule has 0 heterocycles. The molecule has 8 heteroatoms. The lowest BCUT2D eigenvalue weighted by Crippen LogP contribution is -2.29. The predicted molar refractivity (Wildman–Crippen MR) is 99.4 cm³/mol. The molecule has 0 radical (unpaired) electrons. The minimum absolute atomic E-state index is 0.0841. The van der Waals surface area contributed by atoms with Crippen molar-refractivity contribution < 1.29 is 27.5 Å². The zero-order valence-corrected chi connectivity index (χ0v) is 15.6. The van der Waals surface area contributed by atoms with Crippen molar-refractivity contribution in [2.24, 2.45) is 0 Å². The van der Waals surface area contributed by atoms with E-state index in [4.69, 9.17) is 11.6 Å². The summed E-state index contributed by atoms with van der Waals surface area (Å²) in [6, 6.07) is 11.5. The summed E-state index contributed by atoms with van der Waals surface area (Å²) in [5.41, 5.74) is -0.124. The van der Waals surface area contributed by atoms with Crippen molar-refractivity contribution in [3.05, 3.63) is 76.3 Å². The molecule has 0 spiro atoms. The lowest BCUT2D eigenvalue weighted by molar-refractivity contribution is -0.141. The second kappa shape index (κ2) is 9.41. The molecule has 148 valence electrons. The van der Waals surface area contributed by atoms with Crippen LogP contribution in [0.5, 0.6) is 0 Å². The number of benzene rings is 2. The monoisotopic (exact) mass is 411 g/mol. The van der Waals surface area contributed by atoms with Crippen LogP contribution in [0.15, 0.2) is 54.6 Å². The SMILES string of the molecule is COC(=O)CC(NC(=O)C=Cc1ccc(Cl)c(C(F)(F)F)c1)c1ccccc1. The van der Waals surface area contributed by atoms with Crippen LogP contribution in [-0.4, -0.2) is 19.0 Å². The molecule has 0 aliphatic rings. The largest absolute Gasteiger partial charge is 0.469 e. The van der Waals surface area contributed by atoms with E-state index in [0.29, 0.717) is 5.56 Å². The molecule has 1 unspecified atom stereocenters. The molecule has 2 aromatic carbocycles. The van der Waals surface area contributed by atoms with E-state index in [1.54, 1.807) is 30.3 Å². The highest BCUT2D eigenvalue weighted by Gasteiger charge is 2.33. The molecule has 0 bridgehead atoms. The van der Waals surface area contributed by atoms with Crippen LogP contribution in [-0.2, 0) is 20.5 Å². The van der Waals surface area contributed by atoms with Gasteiger partial charge in [-0.3, -0.25) is 9.59 Å². The van der Waals surface area contributed by atoms with Crippen molar-refractivity contribution in [2.45, 2.75) is 18.6 Å². The average molecular weight is 412 g/mol. The van der Waals surface area contributed by atoms with Crippen molar-refractivity contribution in [2.75, 3.05) is 7.11 Å². The van der Waals surface area contributed by atoms with Crippen molar-refractivity contribution >= 4 is 29.6 Å². The molecule has 28 heavy (non-hydrogen) atoms. The second-order valence-electron chi connectivity index (χ2n) is 5.82. The van der Waals surface area contributed by atoms with Crippen LogP contribution in [0.2, 0.25) is 5.02 Å². The van der Waals surface area contributed by atoms with Gasteiger partial charge in [0.25, 0.3) is 0 Å². The molecule has 0 aliphatic heterocycles. The summed E-state index contributed by atoms with van der Waals surface area (Å²) in [6.45, 7) is 0. The van der Waals surface area contributed by atoms with Crippen LogP contribution in [0.25, 0.3) is 6.08 Å². The quantitative estimate of drug-likeness (QED) is 0.549. The molecular formula is C20H17ClF3NO3. The number of esters is 1. The topological polar surface area (TPSA) is 55.4 Å². The zero-order chi connectivity index (χ0) is 20.7. The molecule has 0 fully saturated rings. The number of alkyl halides is 3. The molecular weight excluding hydrogens is 395 g/mol. The van der Waals surface area contributed by atoms with Crippen molar-refractivity contribution in [1.29, 1.82) is 0 Å². The third kappa shape index (κ3) is 6.13. The summed E-state index contributed by atoms with van der Waals surface area (Å²) >= 11 is 5.58. The van der Waals surface area contributed by atoms with Crippen LogP contribution in [0.1, 0.15) is 29.2 Å². The molecule has 0 saturated carbocycles. The predicted octanol–water partition coefficient (Wildman–Crippen LogP) is 4.79. The standard InChI is InChI=1S/C20H17ClF3NO3/c1-28-19(27)12-17(14-5-3-2-4-6-14)25-18(26)10-8-13-7-9-16(21)15(11-13)20(22,23)24/h2-11,17H,12H2,1H3,(H,25,26). The van der Waals surface area contributed by atoms with E-state index in [1.807, 2.05) is 0 Å². The minimum atomic E-state index is -4.60. The number of rotatable bonds is 6. The first-order valence-corrected chi connectivity index (χ1v) is 8.55. The number of carbonyl (C=O) groups is 2. The third-order valence-electron chi connectivity index (χ3n) is 3.84. The van der Waals surface area contributed by atoms with Gasteiger partial charge in [0.15, 0.2) is 0 Å². The molecule has 0 aromatic heterocycles. The molecule has 0 aliphatic carbocycles. The number of hydrogen-bond donors (Lipinski definition) is 1. The van der Waals surface area contributed by atoms with Crippen LogP contribution in [0, 0.1) is 0 Å². The lowest BCUT2D eigenvalue weighted by Gasteiger charge is -2.17. The Kier molecular flexibility index (Phi) is 7.23. The van der Waals surface area contributed by atoms with Gasteiger partial charge in [-0.1, -0.05) is 48.0 Å². The Labute approximate surface area is 165 Å². The molecule has 1 atom stereocenters. The number of methoxy groups -OCH3 is 1. The highest BCUT2D eigenvalue weighted by atomic mass is 35.5. The minimum Gasteiger partial charge on any atom is -0.469 e. The normalized spacial score (nSPS) is 12.6. The number of halogens is 4. The third-order valence-corrected chi connectivity index (χ3v) is 4.17. The van der Waals surface area contributed by atoms with Gasteiger partial charge >= 0.3 is 12.1 Å². The van der Waals surface area contributed by atoms with Crippen LogP contribution in [0.3, 0.4) is 0 Å². The molecule has 2 aromatic rings. The maximum absolute atomic E-state index is 12.9. The van der Waals surface area contributed by atoms with Gasteiger partial charge < -0.3 is 10.1 Å². The Morgan fingerprint density at radius 3 is 2.46 bits per heavy atom. The molecule has 4 nitrogen and oxygen atoms in total. The Bertz CT molecular complexity index is 867. The Morgan fingerprint density at radius 2 is 1.86 bits per heavy atom. The maximum Gasteiger partial charge on any atom is 0.417 e. The lowest BCUT2D eigenvalue weighted by atomic mass is 10.0. The first-order chi connectivity index (χ1) is 13.2. The molecule has 1 amide bonds. The van der Waals surface area contributed by atoms with E-state index in [9.17, 15) is 22.8 Å². The highest BCUT2D eigenvalue weighted by molar-refractivity contribution is 6.31. The number of amides is 1. The van der Waals surface area contributed by atoms with Gasteiger partial charge in [-0.25, -0.2) is 0 Å². The fraction of sp³-hybridized carbons (Fsp3) is 0.200. The van der Waals surface area contributed by atoms with Gasteiger partial charge in [0.05, 0.1) is 30.2 Å². The van der Waals surface area contributed by atoms with E-state index in [2.05, 4.69) is 10.1 Å². The van der Waals surface area contributed by atoms with Crippen LogP contribution < -0.4 is 5.32 Å². The van der Waals surface area contributed by atoms with E-state index >= 15 is 0 Å². The molecule has 1 N–H and O–H groups in total. The van der Waals surface area contributed by atoms with Crippen molar-refractivity contribution in [3.8, 4) is 0 Å². The van der Waals surface area contributed by atoms with Crippen molar-refractivity contribution in [3.63, 3.8) is 0 Å². The summed E-state index contributed by atoms with van der Waals surface area (Å²) in [7, 11) is 1.24. The van der Waals surface area contributed by atoms with Gasteiger partial charge in [0.1, 0.15) is 0 Å². The summed E-state index contributed by atoms with van der Waals surface area (Å²) in [4.78, 5) is 23.8. The van der Waals surface area contributed by atoms with Gasteiger partial charge in [-0.05, 0) is 29.3 Å². The van der Waals surface area contributed by atoms with E-state index in [1.165, 1.54) is 19.3 Å². The van der Waals surface area contributed by atoms with Gasteiger partial charge in [-0.15, -0.1) is 0 Å². The number of carbonyl (C=O) groups excluding carboxylic acids is 2. The smallest absolute Gasteiger partial charge is 0.417 e. The van der Waals surface area contributed by atoms with E-state index in [-0.39, 0.29) is 12.0 Å². The fourth-order valence-corrected chi connectivity index (χ4v) is 2.67. The summed E-state index contributed by atoms with van der Waals surface area (Å²) in [5, 5.41) is 2.23. The fourth-order valence-electron chi connectivity index (χ4n) is 2.44. The summed E-state index contributed by atoms with van der Waals surface area (Å²) in [5.74, 6) is -1.08. The van der Waals surface area contributed by atoms with Gasteiger partial charge in [-0.2, -0.15) is 13.2 Å². The second-order valence-corrected chi connectivity index (χ2v) is 6.23. The zero-order valence-electron chi connectivity index (χ0n) is 14.8. The number of nitrogens with one attached hydrogen (secondary N) is 1. The molecule has 0 saturated heterocycles. The first-order valence-electron chi connectivity index (χ1n) is 8.18.